The molecule has 2 aliphatic heterocycles. The smallest absolute Gasteiger partial charge is 0.255 e. The van der Waals surface area contributed by atoms with Crippen LogP contribution in [0.4, 0.5) is 0 Å². The van der Waals surface area contributed by atoms with Gasteiger partial charge in [-0.25, -0.2) is 0 Å². The average molecular weight is 237 g/mol. The minimum absolute atomic E-state index is 0.0292. The van der Waals surface area contributed by atoms with E-state index in [1.807, 2.05) is 0 Å². The van der Waals surface area contributed by atoms with E-state index < -0.39 is 0 Å². The summed E-state index contributed by atoms with van der Waals surface area (Å²) in [6, 6.07) is 0. The second-order valence-corrected chi connectivity index (χ2v) is 4.89. The highest BCUT2D eigenvalue weighted by Gasteiger charge is 2.25. The largest absolute Gasteiger partial charge is 0.368 e. The molecular formula is C12H19N3O2. The summed E-state index contributed by atoms with van der Waals surface area (Å²) >= 11 is 0. The van der Waals surface area contributed by atoms with Crippen LogP contribution in [-0.2, 0) is 4.74 Å². The lowest BCUT2D eigenvalue weighted by molar-refractivity contribution is -0.00459. The van der Waals surface area contributed by atoms with Gasteiger partial charge in [0, 0.05) is 19.1 Å². The van der Waals surface area contributed by atoms with Crippen molar-refractivity contribution < 1.29 is 9.26 Å². The minimum Gasteiger partial charge on any atom is -0.368 e. The van der Waals surface area contributed by atoms with E-state index >= 15 is 0 Å². The van der Waals surface area contributed by atoms with Crippen LogP contribution in [-0.4, -0.2) is 29.8 Å². The van der Waals surface area contributed by atoms with Crippen molar-refractivity contribution in [3.63, 3.8) is 0 Å². The van der Waals surface area contributed by atoms with Crippen LogP contribution in [0.3, 0.4) is 0 Å². The van der Waals surface area contributed by atoms with Crippen molar-refractivity contribution in [3.05, 3.63) is 11.7 Å². The number of rotatable bonds is 2. The molecule has 5 nitrogen and oxygen atoms in total. The molecule has 5 heteroatoms. The van der Waals surface area contributed by atoms with Gasteiger partial charge in [-0.3, -0.25) is 0 Å². The van der Waals surface area contributed by atoms with Gasteiger partial charge in [-0.05, 0) is 38.6 Å². The lowest BCUT2D eigenvalue weighted by atomic mass is 9.99. The topological polar surface area (TPSA) is 60.2 Å². The monoisotopic (exact) mass is 237 g/mol. The van der Waals surface area contributed by atoms with Crippen molar-refractivity contribution >= 4 is 0 Å². The summed E-state index contributed by atoms with van der Waals surface area (Å²) in [4.78, 5) is 4.51. The Morgan fingerprint density at radius 2 is 2.18 bits per heavy atom. The number of nitrogens with zero attached hydrogens (tertiary/aromatic N) is 2. The number of hydrogen-bond donors (Lipinski definition) is 1. The van der Waals surface area contributed by atoms with Gasteiger partial charge < -0.3 is 14.6 Å². The van der Waals surface area contributed by atoms with Crippen molar-refractivity contribution in [2.45, 2.75) is 44.1 Å². The maximum Gasteiger partial charge on any atom is 0.255 e. The Morgan fingerprint density at radius 1 is 1.18 bits per heavy atom. The molecule has 1 aromatic heterocycles. The molecule has 3 rings (SSSR count). The molecule has 2 saturated heterocycles. The molecule has 2 atom stereocenters. The van der Waals surface area contributed by atoms with Crippen LogP contribution in [0.15, 0.2) is 4.52 Å². The van der Waals surface area contributed by atoms with Gasteiger partial charge in [0.05, 0.1) is 0 Å². The summed E-state index contributed by atoms with van der Waals surface area (Å²) in [5.41, 5.74) is 0. The summed E-state index contributed by atoms with van der Waals surface area (Å²) in [5.74, 6) is 1.93. The lowest BCUT2D eigenvalue weighted by Gasteiger charge is -2.20. The van der Waals surface area contributed by atoms with Crippen LogP contribution < -0.4 is 5.32 Å². The third kappa shape index (κ3) is 2.50. The minimum atomic E-state index is 0.0292. The molecule has 0 radical (unpaired) electrons. The number of aromatic nitrogens is 2. The highest BCUT2D eigenvalue weighted by atomic mass is 16.5. The third-order valence-corrected chi connectivity index (χ3v) is 3.57. The molecule has 94 valence electrons. The van der Waals surface area contributed by atoms with Crippen molar-refractivity contribution in [3.8, 4) is 0 Å². The maximum absolute atomic E-state index is 5.65. The summed E-state index contributed by atoms with van der Waals surface area (Å²) in [6.45, 7) is 2.88. The summed E-state index contributed by atoms with van der Waals surface area (Å²) in [6.07, 6.45) is 5.70. The van der Waals surface area contributed by atoms with Crippen LogP contribution in [0.25, 0.3) is 0 Å². The quantitative estimate of drug-likeness (QED) is 0.849. The number of nitrogens with one attached hydrogen (secondary N) is 1. The lowest BCUT2D eigenvalue weighted by Crippen LogP contribution is -2.29. The number of hydrogen-bond acceptors (Lipinski definition) is 5. The molecule has 0 aromatic carbocycles. The van der Waals surface area contributed by atoms with Crippen LogP contribution in [0.1, 0.15) is 55.8 Å². The number of piperidine rings is 1. The Hall–Kier alpha value is -0.940. The molecule has 2 aliphatic rings. The zero-order chi connectivity index (χ0) is 11.5. The van der Waals surface area contributed by atoms with Gasteiger partial charge in [-0.2, -0.15) is 4.98 Å². The van der Waals surface area contributed by atoms with Crippen LogP contribution in [0.5, 0.6) is 0 Å². The van der Waals surface area contributed by atoms with Gasteiger partial charge in [0.1, 0.15) is 6.10 Å². The predicted molar refractivity (Wildman–Crippen MR) is 61.7 cm³/mol. The maximum atomic E-state index is 5.65. The van der Waals surface area contributed by atoms with Gasteiger partial charge in [0.15, 0.2) is 5.82 Å². The Labute approximate surface area is 101 Å². The fourth-order valence-electron chi connectivity index (χ4n) is 2.55. The van der Waals surface area contributed by atoms with E-state index in [2.05, 4.69) is 15.5 Å². The summed E-state index contributed by atoms with van der Waals surface area (Å²) < 4.78 is 11.0. The molecule has 2 unspecified atom stereocenters. The zero-order valence-corrected chi connectivity index (χ0v) is 10.0. The molecule has 0 saturated carbocycles. The van der Waals surface area contributed by atoms with E-state index in [1.54, 1.807) is 0 Å². The molecule has 0 spiro atoms. The zero-order valence-electron chi connectivity index (χ0n) is 10.0. The molecule has 17 heavy (non-hydrogen) atoms. The first-order valence-electron chi connectivity index (χ1n) is 6.59. The van der Waals surface area contributed by atoms with E-state index in [-0.39, 0.29) is 6.10 Å². The predicted octanol–water partition coefficient (Wildman–Crippen LogP) is 1.78. The van der Waals surface area contributed by atoms with E-state index in [0.29, 0.717) is 11.8 Å². The van der Waals surface area contributed by atoms with Gasteiger partial charge in [0.25, 0.3) is 5.89 Å². The standard InChI is InChI=1S/C12H19N3O2/c1-2-7-16-10(5-1)12-14-11(15-17-12)9-4-3-6-13-8-9/h9-10,13H,1-8H2. The first kappa shape index (κ1) is 11.2. The van der Waals surface area contributed by atoms with Crippen molar-refractivity contribution in [2.75, 3.05) is 19.7 Å². The first-order chi connectivity index (χ1) is 8.43. The molecule has 0 bridgehead atoms. The molecule has 0 aliphatic carbocycles. The Morgan fingerprint density at radius 3 is 2.94 bits per heavy atom. The van der Waals surface area contributed by atoms with Gasteiger partial charge in [0.2, 0.25) is 0 Å². The van der Waals surface area contributed by atoms with Crippen molar-refractivity contribution in [1.29, 1.82) is 0 Å². The highest BCUT2D eigenvalue weighted by Crippen LogP contribution is 2.28. The highest BCUT2D eigenvalue weighted by molar-refractivity contribution is 5.00. The second kappa shape index (κ2) is 5.14. The van der Waals surface area contributed by atoms with E-state index in [0.717, 1.165) is 44.8 Å². The second-order valence-electron chi connectivity index (χ2n) is 4.89. The Bertz CT molecular complexity index is 322. The van der Waals surface area contributed by atoms with Crippen LogP contribution in [0, 0.1) is 0 Å². The van der Waals surface area contributed by atoms with Crippen LogP contribution in [0.2, 0.25) is 0 Å². The van der Waals surface area contributed by atoms with Gasteiger partial charge >= 0.3 is 0 Å². The van der Waals surface area contributed by atoms with Crippen LogP contribution >= 0.6 is 0 Å². The molecular weight excluding hydrogens is 218 g/mol. The molecule has 1 N–H and O–H groups in total. The van der Waals surface area contributed by atoms with Crippen molar-refractivity contribution in [2.24, 2.45) is 0 Å². The summed E-state index contributed by atoms with van der Waals surface area (Å²) in [5, 5.41) is 7.48. The fourth-order valence-corrected chi connectivity index (χ4v) is 2.55. The van der Waals surface area contributed by atoms with E-state index in [4.69, 9.17) is 9.26 Å². The SMILES string of the molecule is C1CCC(c2nc(C3CCCNC3)no2)OC1. The van der Waals surface area contributed by atoms with E-state index in [9.17, 15) is 0 Å². The normalized spacial score (nSPS) is 30.4. The molecule has 2 fully saturated rings. The van der Waals surface area contributed by atoms with Gasteiger partial charge in [-0.15, -0.1) is 0 Å². The Balaban J connectivity index is 1.68. The first-order valence-corrected chi connectivity index (χ1v) is 6.59. The third-order valence-electron chi connectivity index (χ3n) is 3.57. The molecule has 1 aromatic rings. The fraction of sp³-hybridized carbons (Fsp3) is 0.833. The van der Waals surface area contributed by atoms with Crippen molar-refractivity contribution in [1.82, 2.24) is 15.5 Å². The summed E-state index contributed by atoms with van der Waals surface area (Å²) in [7, 11) is 0. The van der Waals surface area contributed by atoms with E-state index in [1.165, 1.54) is 12.8 Å². The van der Waals surface area contributed by atoms with Gasteiger partial charge in [-0.1, -0.05) is 5.16 Å². The Kier molecular flexibility index (Phi) is 3.38. The molecule has 0 amide bonds. The average Bonchev–Trinajstić information content (AvgIpc) is 2.90. The molecule has 3 heterocycles. The number of ether oxygens (including phenoxy) is 1.